The molecule has 6 nitrogen and oxygen atoms in total. The van der Waals surface area contributed by atoms with E-state index in [1.807, 2.05) is 40.7 Å². The topological polar surface area (TPSA) is 88.7 Å². The molecule has 0 aromatic heterocycles. The van der Waals surface area contributed by atoms with Crippen molar-refractivity contribution >= 4 is 17.7 Å². The summed E-state index contributed by atoms with van der Waals surface area (Å²) in [5, 5.41) is 6.02. The molecule has 0 bridgehead atoms. The van der Waals surface area contributed by atoms with Crippen molar-refractivity contribution in [1.82, 2.24) is 5.32 Å². The van der Waals surface area contributed by atoms with E-state index in [0.29, 0.717) is 12.5 Å². The Labute approximate surface area is 156 Å². The number of nitrogens with one attached hydrogen (secondary N) is 2. The molecule has 6 heteroatoms. The molecule has 0 heterocycles. The highest BCUT2D eigenvalue weighted by atomic mass is 16.6. The Kier molecular flexibility index (Phi) is 6.51. The fourth-order valence-corrected chi connectivity index (χ4v) is 2.92. The van der Waals surface area contributed by atoms with Gasteiger partial charge in [-0.3, -0.25) is 4.99 Å². The second-order valence-electron chi connectivity index (χ2n) is 8.18. The molecule has 1 aliphatic rings. The number of rotatable bonds is 5. The predicted molar refractivity (Wildman–Crippen MR) is 107 cm³/mol. The van der Waals surface area contributed by atoms with Crippen LogP contribution >= 0.6 is 0 Å². The van der Waals surface area contributed by atoms with Crippen molar-refractivity contribution in [3.63, 3.8) is 0 Å². The first kappa shape index (κ1) is 20.1. The maximum Gasteiger partial charge on any atom is 0.407 e. The van der Waals surface area contributed by atoms with Gasteiger partial charge in [0.05, 0.1) is 12.6 Å². The maximum absolute atomic E-state index is 12.0. The monoisotopic (exact) mass is 360 g/mol. The van der Waals surface area contributed by atoms with Crippen LogP contribution in [0.5, 0.6) is 0 Å². The molecular formula is C20H32N4O2. The summed E-state index contributed by atoms with van der Waals surface area (Å²) in [6.07, 6.45) is 3.06. The first-order valence-electron chi connectivity index (χ1n) is 9.32. The van der Waals surface area contributed by atoms with Crippen molar-refractivity contribution < 1.29 is 9.53 Å². The summed E-state index contributed by atoms with van der Waals surface area (Å²) in [6, 6.07) is 6.18. The van der Waals surface area contributed by atoms with Crippen LogP contribution in [0.4, 0.5) is 10.5 Å². The molecule has 1 amide bonds. The van der Waals surface area contributed by atoms with Gasteiger partial charge in [0.15, 0.2) is 5.96 Å². The lowest BCUT2D eigenvalue weighted by atomic mass is 10.1. The molecule has 1 aromatic carbocycles. The minimum atomic E-state index is -0.525. The molecule has 0 fully saturated rings. The van der Waals surface area contributed by atoms with E-state index in [4.69, 9.17) is 10.5 Å². The summed E-state index contributed by atoms with van der Waals surface area (Å²) in [6.45, 7) is 9.97. The van der Waals surface area contributed by atoms with E-state index in [0.717, 1.165) is 18.5 Å². The Bertz CT molecular complexity index is 662. The van der Waals surface area contributed by atoms with Gasteiger partial charge < -0.3 is 21.1 Å². The van der Waals surface area contributed by atoms with E-state index in [1.165, 1.54) is 17.5 Å². The molecule has 4 N–H and O–H groups in total. The van der Waals surface area contributed by atoms with Gasteiger partial charge in [-0.05, 0) is 69.2 Å². The maximum atomic E-state index is 12.0. The fraction of sp³-hybridized carbons (Fsp3) is 0.600. The fourth-order valence-electron chi connectivity index (χ4n) is 2.92. The predicted octanol–water partition coefficient (Wildman–Crippen LogP) is 3.45. The standard InChI is InChI=1S/C20H32N4O2/c1-13(2)17(24-19(25)26-20(3,4)5)12-22-18(21)23-16-10-9-14-7-6-8-15(14)11-16/h9-11,13,17H,6-8,12H2,1-5H3,(H,24,25)(H3,21,22,23). The zero-order chi connectivity index (χ0) is 19.3. The summed E-state index contributed by atoms with van der Waals surface area (Å²) in [7, 11) is 0. The van der Waals surface area contributed by atoms with Crippen molar-refractivity contribution in [3.8, 4) is 0 Å². The third-order valence-corrected chi connectivity index (χ3v) is 4.34. The second kappa shape index (κ2) is 8.43. The highest BCUT2D eigenvalue weighted by Gasteiger charge is 2.21. The first-order chi connectivity index (χ1) is 12.1. The first-order valence-corrected chi connectivity index (χ1v) is 9.32. The van der Waals surface area contributed by atoms with E-state index in [-0.39, 0.29) is 12.0 Å². The van der Waals surface area contributed by atoms with E-state index in [2.05, 4.69) is 27.8 Å². The summed E-state index contributed by atoms with van der Waals surface area (Å²) in [5.41, 5.74) is 9.26. The van der Waals surface area contributed by atoms with Crippen LogP contribution in [0.3, 0.4) is 0 Å². The number of carbonyl (C=O) groups is 1. The van der Waals surface area contributed by atoms with E-state index in [1.54, 1.807) is 0 Å². The number of aryl methyl sites for hydroxylation is 2. The third-order valence-electron chi connectivity index (χ3n) is 4.34. The van der Waals surface area contributed by atoms with Crippen LogP contribution in [-0.4, -0.2) is 30.2 Å². The van der Waals surface area contributed by atoms with Crippen molar-refractivity contribution in [2.45, 2.75) is 65.5 Å². The highest BCUT2D eigenvalue weighted by molar-refractivity contribution is 5.92. The molecule has 1 atom stereocenters. The van der Waals surface area contributed by atoms with Gasteiger partial charge in [-0.25, -0.2) is 4.79 Å². The van der Waals surface area contributed by atoms with Crippen LogP contribution in [0.2, 0.25) is 0 Å². The van der Waals surface area contributed by atoms with Crippen LogP contribution < -0.4 is 16.4 Å². The number of alkyl carbamates (subject to hydrolysis) is 1. The van der Waals surface area contributed by atoms with Crippen LogP contribution in [0.1, 0.15) is 52.2 Å². The largest absolute Gasteiger partial charge is 0.444 e. The molecule has 26 heavy (non-hydrogen) atoms. The normalized spacial score (nSPS) is 15.5. The molecule has 0 saturated carbocycles. The van der Waals surface area contributed by atoms with Crippen molar-refractivity contribution in [2.75, 3.05) is 11.9 Å². The summed E-state index contributed by atoms with van der Waals surface area (Å²) < 4.78 is 5.32. The lowest BCUT2D eigenvalue weighted by Gasteiger charge is -2.25. The van der Waals surface area contributed by atoms with E-state index < -0.39 is 11.7 Å². The summed E-state index contributed by atoms with van der Waals surface area (Å²) >= 11 is 0. The summed E-state index contributed by atoms with van der Waals surface area (Å²) in [4.78, 5) is 16.4. The number of hydrogen-bond acceptors (Lipinski definition) is 3. The number of benzene rings is 1. The Morgan fingerprint density at radius 1 is 1.27 bits per heavy atom. The molecule has 144 valence electrons. The SMILES string of the molecule is CC(C)C(CN=C(N)Nc1ccc2c(c1)CCC2)NC(=O)OC(C)(C)C. The number of nitrogens with two attached hydrogens (primary N) is 1. The third kappa shape index (κ3) is 6.24. The van der Waals surface area contributed by atoms with Gasteiger partial charge in [-0.2, -0.15) is 0 Å². The van der Waals surface area contributed by atoms with Crippen molar-refractivity contribution in [2.24, 2.45) is 16.6 Å². The second-order valence-corrected chi connectivity index (χ2v) is 8.18. The van der Waals surface area contributed by atoms with Gasteiger partial charge >= 0.3 is 6.09 Å². The number of nitrogens with zero attached hydrogens (tertiary/aromatic N) is 1. The number of carbonyl (C=O) groups excluding carboxylic acids is 1. The number of amides is 1. The van der Waals surface area contributed by atoms with E-state index >= 15 is 0 Å². The number of guanidine groups is 1. The molecule has 1 aliphatic carbocycles. The average molecular weight is 361 g/mol. The summed E-state index contributed by atoms with van der Waals surface area (Å²) in [5.74, 6) is 0.554. The molecule has 0 saturated heterocycles. The van der Waals surface area contributed by atoms with Gasteiger partial charge in [0, 0.05) is 5.69 Å². The quantitative estimate of drug-likeness (QED) is 0.554. The average Bonchev–Trinajstić information content (AvgIpc) is 2.97. The smallest absolute Gasteiger partial charge is 0.407 e. The number of hydrogen-bond donors (Lipinski definition) is 3. The molecule has 0 spiro atoms. The minimum absolute atomic E-state index is 0.148. The Morgan fingerprint density at radius 2 is 1.96 bits per heavy atom. The van der Waals surface area contributed by atoms with Crippen molar-refractivity contribution in [3.05, 3.63) is 29.3 Å². The lowest BCUT2D eigenvalue weighted by molar-refractivity contribution is 0.0493. The molecule has 2 rings (SSSR count). The Morgan fingerprint density at radius 3 is 2.62 bits per heavy atom. The molecule has 0 radical (unpaired) electrons. The lowest BCUT2D eigenvalue weighted by Crippen LogP contribution is -2.44. The molecule has 1 aromatic rings. The zero-order valence-electron chi connectivity index (χ0n) is 16.6. The Balaban J connectivity index is 1.92. The number of ether oxygens (including phenoxy) is 1. The van der Waals surface area contributed by atoms with Gasteiger partial charge in [0.1, 0.15) is 5.60 Å². The van der Waals surface area contributed by atoms with Gasteiger partial charge in [0.25, 0.3) is 0 Å². The van der Waals surface area contributed by atoms with Crippen LogP contribution in [0.25, 0.3) is 0 Å². The van der Waals surface area contributed by atoms with Crippen LogP contribution in [0.15, 0.2) is 23.2 Å². The molecule has 0 aliphatic heterocycles. The number of aliphatic imine (C=N–C) groups is 1. The van der Waals surface area contributed by atoms with Crippen molar-refractivity contribution in [1.29, 1.82) is 0 Å². The zero-order valence-corrected chi connectivity index (χ0v) is 16.6. The number of fused-ring (bicyclic) bond motifs is 1. The van der Waals surface area contributed by atoms with Gasteiger partial charge in [-0.1, -0.05) is 19.9 Å². The van der Waals surface area contributed by atoms with Gasteiger partial charge in [0.2, 0.25) is 0 Å². The highest BCUT2D eigenvalue weighted by Crippen LogP contribution is 2.24. The Hall–Kier alpha value is -2.24. The number of anilines is 1. The molecular weight excluding hydrogens is 328 g/mol. The molecule has 1 unspecified atom stereocenters. The minimum Gasteiger partial charge on any atom is -0.444 e. The van der Waals surface area contributed by atoms with Crippen LogP contribution in [-0.2, 0) is 17.6 Å². The van der Waals surface area contributed by atoms with Gasteiger partial charge in [-0.15, -0.1) is 0 Å². The van der Waals surface area contributed by atoms with Crippen LogP contribution in [0, 0.1) is 5.92 Å². The van der Waals surface area contributed by atoms with E-state index in [9.17, 15) is 4.79 Å².